The molecule has 1 saturated heterocycles. The molecule has 0 aromatic carbocycles. The summed E-state index contributed by atoms with van der Waals surface area (Å²) in [6.45, 7) is 9.72. The van der Waals surface area contributed by atoms with Gasteiger partial charge >= 0.3 is 0 Å². The molecule has 2 heterocycles. The zero-order chi connectivity index (χ0) is 14.8. The van der Waals surface area contributed by atoms with Crippen LogP contribution in [-0.4, -0.2) is 22.3 Å². The Morgan fingerprint density at radius 2 is 2.10 bits per heavy atom. The molecule has 0 saturated carbocycles. The van der Waals surface area contributed by atoms with Crippen LogP contribution in [0.1, 0.15) is 63.7 Å². The molecule has 1 unspecified atom stereocenters. The number of hydrogen-bond donors (Lipinski definition) is 1. The first-order chi connectivity index (χ1) is 9.43. The molecule has 1 aromatic rings. The van der Waals surface area contributed by atoms with Gasteiger partial charge in [-0.3, -0.25) is 0 Å². The molecule has 1 aromatic heterocycles. The lowest BCUT2D eigenvalue weighted by molar-refractivity contribution is 0.557. The molecule has 0 amide bonds. The summed E-state index contributed by atoms with van der Waals surface area (Å²) in [4.78, 5) is 9.65. The van der Waals surface area contributed by atoms with Crippen molar-refractivity contribution in [1.82, 2.24) is 9.97 Å². The van der Waals surface area contributed by atoms with E-state index in [1.165, 1.54) is 18.6 Å². The van der Waals surface area contributed by atoms with E-state index < -0.39 is 0 Å². The molecule has 20 heavy (non-hydrogen) atoms. The molecule has 1 aliphatic rings. The second-order valence-corrected chi connectivity index (χ2v) is 8.38. The van der Waals surface area contributed by atoms with Gasteiger partial charge in [0.05, 0.1) is 15.4 Å². The van der Waals surface area contributed by atoms with Crippen molar-refractivity contribution >= 4 is 33.5 Å². The predicted molar refractivity (Wildman–Crippen MR) is 91.6 cm³/mol. The SMILES string of the molecule is CCCNc1nc(C2CCCS2)nc(C(C)(C)C)c1Br. The molecule has 0 aliphatic carbocycles. The van der Waals surface area contributed by atoms with Crippen molar-refractivity contribution in [3.63, 3.8) is 0 Å². The molecular weight excluding hydrogens is 334 g/mol. The van der Waals surface area contributed by atoms with Gasteiger partial charge in [0.15, 0.2) is 0 Å². The highest BCUT2D eigenvalue weighted by Gasteiger charge is 2.27. The van der Waals surface area contributed by atoms with Gasteiger partial charge in [0, 0.05) is 12.0 Å². The number of anilines is 1. The van der Waals surface area contributed by atoms with Crippen LogP contribution in [0.2, 0.25) is 0 Å². The molecular formula is C15H24BrN3S. The zero-order valence-corrected chi connectivity index (χ0v) is 15.2. The average Bonchev–Trinajstić information content (AvgIpc) is 2.90. The summed E-state index contributed by atoms with van der Waals surface area (Å²) in [5, 5.41) is 3.90. The predicted octanol–water partition coefficient (Wildman–Crippen LogP) is 4.93. The van der Waals surface area contributed by atoms with Gasteiger partial charge in [-0.2, -0.15) is 11.8 Å². The lowest BCUT2D eigenvalue weighted by atomic mass is 9.91. The van der Waals surface area contributed by atoms with Crippen LogP contribution in [0.4, 0.5) is 5.82 Å². The Hall–Kier alpha value is -0.290. The smallest absolute Gasteiger partial charge is 0.144 e. The van der Waals surface area contributed by atoms with Crippen molar-refractivity contribution < 1.29 is 0 Å². The Bertz CT molecular complexity index is 465. The van der Waals surface area contributed by atoms with E-state index >= 15 is 0 Å². The maximum atomic E-state index is 4.88. The summed E-state index contributed by atoms with van der Waals surface area (Å²) in [6.07, 6.45) is 3.56. The number of nitrogens with zero attached hydrogens (tertiary/aromatic N) is 2. The summed E-state index contributed by atoms with van der Waals surface area (Å²) in [6, 6.07) is 0. The van der Waals surface area contributed by atoms with Crippen molar-refractivity contribution in [2.24, 2.45) is 0 Å². The first-order valence-electron chi connectivity index (χ1n) is 7.37. The zero-order valence-electron chi connectivity index (χ0n) is 12.8. The van der Waals surface area contributed by atoms with Crippen LogP contribution >= 0.6 is 27.7 Å². The third kappa shape index (κ3) is 3.67. The number of nitrogens with one attached hydrogen (secondary N) is 1. The van der Waals surface area contributed by atoms with Crippen molar-refractivity contribution in [2.45, 2.75) is 57.6 Å². The van der Waals surface area contributed by atoms with Crippen LogP contribution in [0.5, 0.6) is 0 Å². The van der Waals surface area contributed by atoms with Gasteiger partial charge in [-0.1, -0.05) is 27.7 Å². The summed E-state index contributed by atoms with van der Waals surface area (Å²) in [5.41, 5.74) is 1.12. The quantitative estimate of drug-likeness (QED) is 0.828. The summed E-state index contributed by atoms with van der Waals surface area (Å²) in [7, 11) is 0. The van der Waals surface area contributed by atoms with Crippen molar-refractivity contribution in [1.29, 1.82) is 0 Å². The first kappa shape index (κ1) is 16.1. The molecule has 0 radical (unpaired) electrons. The maximum Gasteiger partial charge on any atom is 0.144 e. The van der Waals surface area contributed by atoms with E-state index in [0.29, 0.717) is 5.25 Å². The van der Waals surface area contributed by atoms with Gasteiger partial charge in [0.25, 0.3) is 0 Å². The Kier molecular flexibility index (Phi) is 5.35. The van der Waals surface area contributed by atoms with Crippen LogP contribution in [0, 0.1) is 0 Å². The minimum absolute atomic E-state index is 0.0163. The van der Waals surface area contributed by atoms with E-state index in [0.717, 1.165) is 34.8 Å². The van der Waals surface area contributed by atoms with E-state index in [1.54, 1.807) is 0 Å². The highest BCUT2D eigenvalue weighted by molar-refractivity contribution is 9.10. The number of thioether (sulfide) groups is 1. The fourth-order valence-corrected chi connectivity index (χ4v) is 4.37. The highest BCUT2D eigenvalue weighted by atomic mass is 79.9. The summed E-state index contributed by atoms with van der Waals surface area (Å²) >= 11 is 5.68. The monoisotopic (exact) mass is 357 g/mol. The molecule has 1 fully saturated rings. The van der Waals surface area contributed by atoms with E-state index in [-0.39, 0.29) is 5.41 Å². The third-order valence-corrected chi connectivity index (χ3v) is 5.46. The number of rotatable bonds is 4. The molecule has 1 aliphatic heterocycles. The van der Waals surface area contributed by atoms with Gasteiger partial charge < -0.3 is 5.32 Å². The number of aromatic nitrogens is 2. The van der Waals surface area contributed by atoms with Gasteiger partial charge in [-0.05, 0) is 40.9 Å². The van der Waals surface area contributed by atoms with Crippen molar-refractivity contribution in [3.8, 4) is 0 Å². The molecule has 0 bridgehead atoms. The molecule has 0 spiro atoms. The minimum Gasteiger partial charge on any atom is -0.369 e. The van der Waals surface area contributed by atoms with Crippen LogP contribution in [0.15, 0.2) is 4.47 Å². The molecule has 5 heteroatoms. The fraction of sp³-hybridized carbons (Fsp3) is 0.733. The lowest BCUT2D eigenvalue weighted by Crippen LogP contribution is -2.19. The van der Waals surface area contributed by atoms with Gasteiger partial charge in [0.2, 0.25) is 0 Å². The number of hydrogen-bond acceptors (Lipinski definition) is 4. The van der Waals surface area contributed by atoms with Gasteiger partial charge in [-0.15, -0.1) is 0 Å². The third-order valence-electron chi connectivity index (χ3n) is 3.34. The van der Waals surface area contributed by atoms with Gasteiger partial charge in [-0.25, -0.2) is 9.97 Å². The minimum atomic E-state index is 0.0163. The molecule has 112 valence electrons. The maximum absolute atomic E-state index is 4.88. The summed E-state index contributed by atoms with van der Waals surface area (Å²) in [5.74, 6) is 3.18. The van der Waals surface area contributed by atoms with E-state index in [2.05, 4.69) is 48.9 Å². The number of halogens is 1. The summed E-state index contributed by atoms with van der Waals surface area (Å²) < 4.78 is 1.02. The van der Waals surface area contributed by atoms with Crippen LogP contribution in [0.3, 0.4) is 0 Å². The lowest BCUT2D eigenvalue weighted by Gasteiger charge is -2.23. The van der Waals surface area contributed by atoms with Crippen LogP contribution in [-0.2, 0) is 5.41 Å². The van der Waals surface area contributed by atoms with Crippen molar-refractivity contribution in [3.05, 3.63) is 16.0 Å². The average molecular weight is 358 g/mol. The Balaban J connectivity index is 2.42. The molecule has 1 atom stereocenters. The largest absolute Gasteiger partial charge is 0.369 e. The van der Waals surface area contributed by atoms with Crippen molar-refractivity contribution in [2.75, 3.05) is 17.6 Å². The Morgan fingerprint density at radius 1 is 1.35 bits per heavy atom. The second kappa shape index (κ2) is 6.65. The topological polar surface area (TPSA) is 37.8 Å². The normalized spacial score (nSPS) is 19.4. The second-order valence-electron chi connectivity index (χ2n) is 6.27. The Morgan fingerprint density at radius 3 is 2.65 bits per heavy atom. The first-order valence-corrected chi connectivity index (χ1v) is 9.21. The van der Waals surface area contributed by atoms with E-state index in [4.69, 9.17) is 9.97 Å². The highest BCUT2D eigenvalue weighted by Crippen LogP contribution is 2.41. The fourth-order valence-electron chi connectivity index (χ4n) is 2.25. The van der Waals surface area contributed by atoms with Gasteiger partial charge in [0.1, 0.15) is 11.6 Å². The van der Waals surface area contributed by atoms with Crippen LogP contribution in [0.25, 0.3) is 0 Å². The standard InChI is InChI=1S/C15H24BrN3S/c1-5-8-17-14-11(16)12(15(2,3)4)18-13(19-14)10-7-6-9-20-10/h10H,5-9H2,1-4H3,(H,17,18,19). The molecule has 3 nitrogen and oxygen atoms in total. The molecule has 2 rings (SSSR count). The van der Waals surface area contributed by atoms with E-state index in [9.17, 15) is 0 Å². The van der Waals surface area contributed by atoms with Crippen LogP contribution < -0.4 is 5.32 Å². The Labute approximate surface area is 134 Å². The van der Waals surface area contributed by atoms with E-state index in [1.807, 2.05) is 11.8 Å². The molecule has 1 N–H and O–H groups in total.